The molecule has 8 nitrogen and oxygen atoms in total. The van der Waals surface area contributed by atoms with Gasteiger partial charge >= 0.3 is 0 Å². The Morgan fingerprint density at radius 3 is 1.45 bits per heavy atom. The third-order valence-corrected chi connectivity index (χ3v) is 4.39. The van der Waals surface area contributed by atoms with Gasteiger partial charge in [-0.15, -0.1) is 0 Å². The quantitative estimate of drug-likeness (QED) is 0.242. The first-order valence-electron chi connectivity index (χ1n) is 9.07. The van der Waals surface area contributed by atoms with Gasteiger partial charge in [0.2, 0.25) is 12.4 Å². The Bertz CT molecular complexity index is 967. The second-order valence-corrected chi connectivity index (χ2v) is 7.15. The maximum absolute atomic E-state index is 9.02. The molecule has 0 aromatic heterocycles. The first-order chi connectivity index (χ1) is 15.0. The van der Waals surface area contributed by atoms with Crippen molar-refractivity contribution in [3.8, 4) is 12.4 Å². The highest BCUT2D eigenvalue weighted by Crippen LogP contribution is 2.05. The van der Waals surface area contributed by atoms with Gasteiger partial charge in [0.15, 0.2) is 11.7 Å². The van der Waals surface area contributed by atoms with Crippen molar-refractivity contribution >= 4 is 46.1 Å². The van der Waals surface area contributed by atoms with Crippen LogP contribution in [0.4, 0.5) is 0 Å². The molecule has 0 aliphatic carbocycles. The summed E-state index contributed by atoms with van der Waals surface area (Å²) in [6, 6.07) is 18.6. The van der Waals surface area contributed by atoms with Gasteiger partial charge in [0.1, 0.15) is 9.98 Å². The largest absolute Gasteiger partial charge is 0.290 e. The summed E-state index contributed by atoms with van der Waals surface area (Å²) in [5.41, 5.74) is 7.55. The van der Waals surface area contributed by atoms with E-state index in [2.05, 4.69) is 20.8 Å². The fourth-order valence-corrected chi connectivity index (χ4v) is 3.29. The molecule has 0 saturated carbocycles. The van der Waals surface area contributed by atoms with Gasteiger partial charge in [0.25, 0.3) is 0 Å². The molecule has 0 bridgehead atoms. The number of amidine groups is 2. The van der Waals surface area contributed by atoms with Crippen molar-refractivity contribution < 1.29 is 0 Å². The van der Waals surface area contributed by atoms with Crippen LogP contribution in [-0.2, 0) is 0 Å². The van der Waals surface area contributed by atoms with Crippen LogP contribution >= 0.6 is 24.4 Å². The summed E-state index contributed by atoms with van der Waals surface area (Å²) in [6.45, 7) is 0. The molecule has 0 radical (unpaired) electrons. The van der Waals surface area contributed by atoms with Gasteiger partial charge in [-0.25, -0.2) is 0 Å². The van der Waals surface area contributed by atoms with Crippen molar-refractivity contribution in [2.45, 2.75) is 6.42 Å². The molecule has 0 heterocycles. The number of benzene rings is 2. The Labute approximate surface area is 192 Å². The average molecular weight is 449 g/mol. The summed E-state index contributed by atoms with van der Waals surface area (Å²) < 4.78 is 0. The Balaban J connectivity index is 1.99. The summed E-state index contributed by atoms with van der Waals surface area (Å²) in [4.78, 5) is 8.60. The minimum Gasteiger partial charge on any atom is -0.290 e. The summed E-state index contributed by atoms with van der Waals surface area (Å²) >= 11 is 10.8. The molecular formula is C21H20N8S2. The van der Waals surface area contributed by atoms with Gasteiger partial charge in [-0.3, -0.25) is 20.9 Å². The molecule has 0 atom stereocenters. The standard InChI is InChI=1S/C21H20N8S2/c1-28(20(24-14-22)16-9-5-3-6-10-16)26-18(30)13-19(31)27-29(2)21(25-15-23)17-11-7-4-8-12-17/h3-12H,13H2,1-2H3,(H,26,30)(H,27,31)/b24-20+,25-21+. The number of nitriles is 2. The summed E-state index contributed by atoms with van der Waals surface area (Å²) in [7, 11) is 3.43. The molecule has 0 aliphatic heterocycles. The molecule has 0 fully saturated rings. The maximum atomic E-state index is 9.02. The van der Waals surface area contributed by atoms with E-state index < -0.39 is 0 Å². The number of aliphatic imine (C=N–C) groups is 2. The van der Waals surface area contributed by atoms with Crippen LogP contribution in [0, 0.1) is 22.9 Å². The lowest BCUT2D eigenvalue weighted by molar-refractivity contribution is 0.451. The van der Waals surface area contributed by atoms with Crippen LogP contribution in [-0.4, -0.2) is 45.8 Å². The van der Waals surface area contributed by atoms with E-state index >= 15 is 0 Å². The highest BCUT2D eigenvalue weighted by Gasteiger charge is 2.14. The lowest BCUT2D eigenvalue weighted by Gasteiger charge is -2.25. The molecule has 2 rings (SSSR count). The topological polar surface area (TPSA) is 103 Å². The lowest BCUT2D eigenvalue weighted by atomic mass is 10.2. The van der Waals surface area contributed by atoms with Crippen molar-refractivity contribution in [2.24, 2.45) is 9.98 Å². The molecule has 0 saturated heterocycles. The second-order valence-electron chi connectivity index (χ2n) is 6.17. The zero-order valence-electron chi connectivity index (χ0n) is 17.0. The number of nitrogens with one attached hydrogen (secondary N) is 2. The van der Waals surface area contributed by atoms with Gasteiger partial charge in [0, 0.05) is 25.2 Å². The van der Waals surface area contributed by atoms with Gasteiger partial charge in [0.05, 0.1) is 6.42 Å². The highest BCUT2D eigenvalue weighted by atomic mass is 32.1. The van der Waals surface area contributed by atoms with E-state index in [1.807, 2.05) is 60.7 Å². The van der Waals surface area contributed by atoms with Crippen LogP contribution in [0.3, 0.4) is 0 Å². The number of hydrogen-bond donors (Lipinski definition) is 2. The fraction of sp³-hybridized carbons (Fsp3) is 0.143. The molecule has 31 heavy (non-hydrogen) atoms. The van der Waals surface area contributed by atoms with Gasteiger partial charge in [-0.2, -0.15) is 20.5 Å². The first-order valence-corrected chi connectivity index (χ1v) is 9.88. The van der Waals surface area contributed by atoms with E-state index in [9.17, 15) is 0 Å². The minimum atomic E-state index is 0.239. The first kappa shape index (κ1) is 23.4. The Morgan fingerprint density at radius 1 is 0.774 bits per heavy atom. The SMILES string of the molecule is CN(NC(=S)CC(=S)NN(C)/C(=N/C#N)c1ccccc1)/C(=N/C#N)c1ccccc1. The number of thiocarbonyl (C=S) groups is 2. The monoisotopic (exact) mass is 448 g/mol. The molecule has 0 aliphatic rings. The normalized spacial score (nSPS) is 11.0. The molecular weight excluding hydrogens is 428 g/mol. The van der Waals surface area contributed by atoms with Crippen LogP contribution in [0.15, 0.2) is 70.6 Å². The molecule has 2 aromatic rings. The Kier molecular flexibility index (Phi) is 9.05. The van der Waals surface area contributed by atoms with Crippen molar-refractivity contribution in [3.63, 3.8) is 0 Å². The van der Waals surface area contributed by atoms with E-state index in [0.29, 0.717) is 21.6 Å². The Hall–Kier alpha value is -3.86. The predicted molar refractivity (Wildman–Crippen MR) is 129 cm³/mol. The smallest absolute Gasteiger partial charge is 0.207 e. The van der Waals surface area contributed by atoms with Crippen LogP contribution in [0.2, 0.25) is 0 Å². The summed E-state index contributed by atoms with van der Waals surface area (Å²) in [6.07, 6.45) is 3.85. The van der Waals surface area contributed by atoms with Crippen molar-refractivity contribution in [1.82, 2.24) is 20.9 Å². The lowest BCUT2D eigenvalue weighted by Crippen LogP contribution is -2.47. The number of rotatable bonds is 4. The van der Waals surface area contributed by atoms with Gasteiger partial charge in [-0.1, -0.05) is 85.1 Å². The third kappa shape index (κ3) is 7.16. The van der Waals surface area contributed by atoms with Crippen molar-refractivity contribution in [1.29, 1.82) is 10.5 Å². The predicted octanol–water partition coefficient (Wildman–Crippen LogP) is 2.76. The molecule has 2 aromatic carbocycles. The van der Waals surface area contributed by atoms with E-state index in [1.54, 1.807) is 36.5 Å². The van der Waals surface area contributed by atoms with Crippen molar-refractivity contribution in [2.75, 3.05) is 14.1 Å². The van der Waals surface area contributed by atoms with E-state index in [-0.39, 0.29) is 6.42 Å². The Morgan fingerprint density at radius 2 is 1.13 bits per heavy atom. The number of hydrazine groups is 2. The van der Waals surface area contributed by atoms with Crippen LogP contribution in [0.5, 0.6) is 0 Å². The summed E-state index contributed by atoms with van der Waals surface area (Å²) in [5, 5.41) is 21.2. The second kappa shape index (κ2) is 12.0. The molecule has 0 unspecified atom stereocenters. The molecule has 0 amide bonds. The van der Waals surface area contributed by atoms with Gasteiger partial charge < -0.3 is 0 Å². The fourth-order valence-electron chi connectivity index (χ4n) is 2.64. The summed E-state index contributed by atoms with van der Waals surface area (Å²) in [5.74, 6) is 0.850. The highest BCUT2D eigenvalue weighted by molar-refractivity contribution is 7.82. The van der Waals surface area contributed by atoms with Crippen molar-refractivity contribution in [3.05, 3.63) is 71.8 Å². The van der Waals surface area contributed by atoms with Gasteiger partial charge in [-0.05, 0) is 0 Å². The van der Waals surface area contributed by atoms with E-state index in [0.717, 1.165) is 11.1 Å². The third-order valence-electron chi connectivity index (χ3n) is 3.92. The maximum Gasteiger partial charge on any atom is 0.207 e. The van der Waals surface area contributed by atoms with E-state index in [1.165, 1.54) is 0 Å². The molecule has 0 spiro atoms. The minimum absolute atomic E-state index is 0.239. The average Bonchev–Trinajstić information content (AvgIpc) is 2.76. The van der Waals surface area contributed by atoms with Crippen LogP contribution in [0.25, 0.3) is 0 Å². The van der Waals surface area contributed by atoms with Crippen LogP contribution < -0.4 is 10.9 Å². The molecule has 2 N–H and O–H groups in total. The van der Waals surface area contributed by atoms with Crippen LogP contribution in [0.1, 0.15) is 17.5 Å². The zero-order chi connectivity index (χ0) is 22.6. The molecule has 10 heteroatoms. The number of nitrogens with zero attached hydrogens (tertiary/aromatic N) is 6. The number of hydrogen-bond acceptors (Lipinski definition) is 6. The van der Waals surface area contributed by atoms with E-state index in [4.69, 9.17) is 35.0 Å². The zero-order valence-corrected chi connectivity index (χ0v) is 18.6. The molecule has 156 valence electrons.